The highest BCUT2D eigenvalue weighted by Crippen LogP contribution is 2.11. The zero-order valence-electron chi connectivity index (χ0n) is 10.8. The Morgan fingerprint density at radius 3 is 2.89 bits per heavy atom. The Bertz CT molecular complexity index is 584. The molecule has 0 radical (unpaired) electrons. The van der Waals surface area contributed by atoms with E-state index in [0.717, 1.165) is 11.4 Å². The number of aryl methyl sites for hydroxylation is 1. The van der Waals surface area contributed by atoms with Crippen LogP contribution in [0.15, 0.2) is 23.4 Å². The van der Waals surface area contributed by atoms with E-state index in [1.807, 2.05) is 11.6 Å². The molecule has 0 unspecified atom stereocenters. The maximum atomic E-state index is 11.6. The van der Waals surface area contributed by atoms with Crippen LogP contribution in [0, 0.1) is 0 Å². The number of hydrogen-bond donors (Lipinski definition) is 2. The summed E-state index contributed by atoms with van der Waals surface area (Å²) in [7, 11) is 1.86. The highest BCUT2D eigenvalue weighted by Gasteiger charge is 2.07. The molecule has 2 N–H and O–H groups in total. The van der Waals surface area contributed by atoms with Crippen molar-refractivity contribution in [2.24, 2.45) is 7.05 Å². The molecule has 0 aliphatic heterocycles. The number of aromatic nitrogens is 4. The lowest BCUT2D eigenvalue weighted by molar-refractivity contribution is 0.580. The van der Waals surface area contributed by atoms with Gasteiger partial charge in [0.1, 0.15) is 5.69 Å². The van der Waals surface area contributed by atoms with Gasteiger partial charge in [0.05, 0.1) is 18.2 Å². The fraction of sp³-hybridized carbons (Fsp3) is 0.417. The molecule has 96 valence electrons. The first kappa shape index (κ1) is 12.5. The van der Waals surface area contributed by atoms with E-state index in [1.54, 1.807) is 12.5 Å². The minimum Gasteiger partial charge on any atom is -0.331 e. The molecule has 2 rings (SSSR count). The van der Waals surface area contributed by atoms with E-state index in [4.69, 9.17) is 0 Å². The summed E-state index contributed by atoms with van der Waals surface area (Å²) in [4.78, 5) is 22.8. The molecule has 0 bridgehead atoms. The summed E-state index contributed by atoms with van der Waals surface area (Å²) < 4.78 is 1.82. The molecule has 0 aromatic carbocycles. The number of hydrogen-bond acceptors (Lipinski definition) is 4. The molecule has 6 heteroatoms. The van der Waals surface area contributed by atoms with Crippen LogP contribution in [0.1, 0.15) is 19.5 Å². The Kier molecular flexibility index (Phi) is 3.57. The first-order valence-electron chi connectivity index (χ1n) is 5.86. The number of nitrogens with one attached hydrogen (secondary N) is 2. The molecular weight excluding hydrogens is 230 g/mol. The highest BCUT2D eigenvalue weighted by molar-refractivity contribution is 5.47. The van der Waals surface area contributed by atoms with Crippen molar-refractivity contribution < 1.29 is 0 Å². The van der Waals surface area contributed by atoms with Gasteiger partial charge in [-0.1, -0.05) is 13.8 Å². The summed E-state index contributed by atoms with van der Waals surface area (Å²) in [6.07, 6.45) is 3.35. The van der Waals surface area contributed by atoms with Gasteiger partial charge in [0.15, 0.2) is 5.82 Å². The number of rotatable bonds is 4. The Hall–Kier alpha value is -1.95. The maximum Gasteiger partial charge on any atom is 0.251 e. The van der Waals surface area contributed by atoms with Crippen LogP contribution < -0.4 is 10.9 Å². The molecule has 0 saturated heterocycles. The van der Waals surface area contributed by atoms with E-state index < -0.39 is 0 Å². The molecule has 0 atom stereocenters. The Morgan fingerprint density at radius 1 is 1.50 bits per heavy atom. The summed E-state index contributed by atoms with van der Waals surface area (Å²) in [5.74, 6) is 0.544. The van der Waals surface area contributed by atoms with Crippen molar-refractivity contribution in [3.05, 3.63) is 34.6 Å². The maximum absolute atomic E-state index is 11.6. The molecule has 2 aromatic rings. The standard InChI is InChI=1S/C12H17N5O/c1-8(2)14-5-9-4-11(18)16-12(15-9)10-6-13-7-17(10)3/h4,6-8,14H,5H2,1-3H3,(H,15,16,18). The summed E-state index contributed by atoms with van der Waals surface area (Å²) in [6, 6.07) is 1.86. The quantitative estimate of drug-likeness (QED) is 0.832. The summed E-state index contributed by atoms with van der Waals surface area (Å²) in [5, 5.41) is 3.24. The molecule has 2 heterocycles. The zero-order chi connectivity index (χ0) is 13.1. The molecule has 0 aliphatic rings. The fourth-order valence-electron chi connectivity index (χ4n) is 1.61. The van der Waals surface area contributed by atoms with Crippen molar-refractivity contribution in [2.75, 3.05) is 0 Å². The van der Waals surface area contributed by atoms with Gasteiger partial charge in [0.25, 0.3) is 5.56 Å². The SMILES string of the molecule is CC(C)NCc1cc(=O)[nH]c(-c2cncn2C)n1. The van der Waals surface area contributed by atoms with Gasteiger partial charge < -0.3 is 14.9 Å². The van der Waals surface area contributed by atoms with E-state index in [2.05, 4.69) is 34.1 Å². The van der Waals surface area contributed by atoms with Gasteiger partial charge in [-0.15, -0.1) is 0 Å². The zero-order valence-corrected chi connectivity index (χ0v) is 10.8. The van der Waals surface area contributed by atoms with Crippen LogP contribution in [0.3, 0.4) is 0 Å². The molecule has 2 aromatic heterocycles. The Balaban J connectivity index is 2.33. The van der Waals surface area contributed by atoms with Crippen molar-refractivity contribution in [1.29, 1.82) is 0 Å². The molecular formula is C12H17N5O. The van der Waals surface area contributed by atoms with Crippen molar-refractivity contribution in [1.82, 2.24) is 24.8 Å². The third-order valence-electron chi connectivity index (χ3n) is 2.55. The molecule has 0 amide bonds. The highest BCUT2D eigenvalue weighted by atomic mass is 16.1. The smallest absolute Gasteiger partial charge is 0.251 e. The molecule has 0 aliphatic carbocycles. The van der Waals surface area contributed by atoms with E-state index >= 15 is 0 Å². The lowest BCUT2D eigenvalue weighted by atomic mass is 10.3. The first-order chi connectivity index (χ1) is 8.56. The second-order valence-corrected chi connectivity index (χ2v) is 4.51. The minimum absolute atomic E-state index is 0.151. The summed E-state index contributed by atoms with van der Waals surface area (Å²) in [5.41, 5.74) is 1.36. The summed E-state index contributed by atoms with van der Waals surface area (Å²) >= 11 is 0. The van der Waals surface area contributed by atoms with Crippen LogP contribution in [-0.2, 0) is 13.6 Å². The van der Waals surface area contributed by atoms with Crippen LogP contribution in [-0.4, -0.2) is 25.6 Å². The number of aromatic amines is 1. The van der Waals surface area contributed by atoms with E-state index in [-0.39, 0.29) is 5.56 Å². The summed E-state index contributed by atoms with van der Waals surface area (Å²) in [6.45, 7) is 4.68. The van der Waals surface area contributed by atoms with Gasteiger partial charge in [0, 0.05) is 25.7 Å². The first-order valence-corrected chi connectivity index (χ1v) is 5.86. The van der Waals surface area contributed by atoms with Crippen LogP contribution in [0.4, 0.5) is 0 Å². The topological polar surface area (TPSA) is 75.6 Å². The number of H-pyrrole nitrogens is 1. The second kappa shape index (κ2) is 5.14. The number of imidazole rings is 1. The third-order valence-corrected chi connectivity index (χ3v) is 2.55. The van der Waals surface area contributed by atoms with Crippen LogP contribution in [0.2, 0.25) is 0 Å². The molecule has 6 nitrogen and oxygen atoms in total. The predicted molar refractivity (Wildman–Crippen MR) is 69.0 cm³/mol. The average Bonchev–Trinajstić information content (AvgIpc) is 2.72. The van der Waals surface area contributed by atoms with Crippen LogP contribution in [0.5, 0.6) is 0 Å². The molecule has 18 heavy (non-hydrogen) atoms. The monoisotopic (exact) mass is 247 g/mol. The van der Waals surface area contributed by atoms with Crippen LogP contribution >= 0.6 is 0 Å². The second-order valence-electron chi connectivity index (χ2n) is 4.51. The molecule has 0 saturated carbocycles. The van der Waals surface area contributed by atoms with E-state index in [1.165, 1.54) is 6.07 Å². The molecule has 0 spiro atoms. The van der Waals surface area contributed by atoms with Gasteiger partial charge in [0.2, 0.25) is 0 Å². The van der Waals surface area contributed by atoms with Gasteiger partial charge in [-0.05, 0) is 0 Å². The lowest BCUT2D eigenvalue weighted by Gasteiger charge is -2.08. The molecule has 0 fully saturated rings. The van der Waals surface area contributed by atoms with Crippen molar-refractivity contribution in [3.63, 3.8) is 0 Å². The van der Waals surface area contributed by atoms with E-state index in [0.29, 0.717) is 18.4 Å². The predicted octanol–water partition coefficient (Wildman–Crippen LogP) is 0.668. The van der Waals surface area contributed by atoms with Gasteiger partial charge in [-0.2, -0.15) is 0 Å². The van der Waals surface area contributed by atoms with Gasteiger partial charge in [-0.3, -0.25) is 4.79 Å². The minimum atomic E-state index is -0.151. The third kappa shape index (κ3) is 2.84. The Labute approximate surface area is 105 Å². The lowest BCUT2D eigenvalue weighted by Crippen LogP contribution is -2.24. The normalized spacial score (nSPS) is 11.1. The van der Waals surface area contributed by atoms with Crippen molar-refractivity contribution in [2.45, 2.75) is 26.4 Å². The van der Waals surface area contributed by atoms with Crippen LogP contribution in [0.25, 0.3) is 11.5 Å². The van der Waals surface area contributed by atoms with E-state index in [9.17, 15) is 4.79 Å². The average molecular weight is 247 g/mol. The fourth-order valence-corrected chi connectivity index (χ4v) is 1.61. The number of nitrogens with zero attached hydrogens (tertiary/aromatic N) is 3. The Morgan fingerprint density at radius 2 is 2.28 bits per heavy atom. The van der Waals surface area contributed by atoms with Gasteiger partial charge >= 0.3 is 0 Å². The van der Waals surface area contributed by atoms with Crippen molar-refractivity contribution >= 4 is 0 Å². The van der Waals surface area contributed by atoms with Crippen molar-refractivity contribution in [3.8, 4) is 11.5 Å². The largest absolute Gasteiger partial charge is 0.331 e. The van der Waals surface area contributed by atoms with Gasteiger partial charge in [-0.25, -0.2) is 9.97 Å².